The Morgan fingerprint density at radius 3 is 2.93 bits per heavy atom. The van der Waals surface area contributed by atoms with Crippen molar-refractivity contribution >= 4 is 29.3 Å². The van der Waals surface area contributed by atoms with Crippen molar-refractivity contribution in [2.45, 2.75) is 23.7 Å². The van der Waals surface area contributed by atoms with E-state index in [1.54, 1.807) is 24.9 Å². The van der Waals surface area contributed by atoms with Gasteiger partial charge in [0.15, 0.2) is 5.82 Å². The fourth-order valence-corrected chi connectivity index (χ4v) is 4.31. The number of nitrogens with zero attached hydrogens (tertiary/aromatic N) is 3. The standard InChI is InChI=1S/C22H22ClN3O3S/c1-28-19-8-4-3-7-16(19)21-24-20(25-29-21)14-6-5-11-26(13-14)22(27)17-12-15(30-2)9-10-18(17)23/h3-4,7-10,12,14H,5-6,11,13H2,1-2H3/t14-/m1/s1. The van der Waals surface area contributed by atoms with Gasteiger partial charge in [0.05, 0.1) is 23.3 Å². The summed E-state index contributed by atoms with van der Waals surface area (Å²) in [5.74, 6) is 1.65. The van der Waals surface area contributed by atoms with Crippen molar-refractivity contribution < 1.29 is 14.1 Å². The van der Waals surface area contributed by atoms with Gasteiger partial charge in [-0.3, -0.25) is 4.79 Å². The van der Waals surface area contributed by atoms with E-state index in [0.29, 0.717) is 41.1 Å². The molecule has 0 N–H and O–H groups in total. The molecule has 0 unspecified atom stereocenters. The molecule has 0 aliphatic carbocycles. The van der Waals surface area contributed by atoms with Gasteiger partial charge < -0.3 is 14.2 Å². The van der Waals surface area contributed by atoms with Crippen LogP contribution in [0.15, 0.2) is 51.9 Å². The molecule has 8 heteroatoms. The van der Waals surface area contributed by atoms with Gasteiger partial charge in [-0.25, -0.2) is 0 Å². The number of rotatable bonds is 5. The number of ether oxygens (including phenoxy) is 1. The fourth-order valence-electron chi connectivity index (χ4n) is 3.67. The number of likely N-dealkylation sites (tertiary alicyclic amines) is 1. The smallest absolute Gasteiger partial charge is 0.261 e. The molecule has 1 aliphatic rings. The first-order chi connectivity index (χ1) is 14.6. The van der Waals surface area contributed by atoms with Crippen LogP contribution in [-0.4, -0.2) is 47.4 Å². The lowest BCUT2D eigenvalue weighted by molar-refractivity contribution is 0.0703. The number of aromatic nitrogens is 2. The molecule has 1 fully saturated rings. The maximum atomic E-state index is 13.1. The molecule has 1 aromatic heterocycles. The molecule has 2 aromatic carbocycles. The molecule has 0 bridgehead atoms. The van der Waals surface area contributed by atoms with Crippen LogP contribution in [-0.2, 0) is 0 Å². The van der Waals surface area contributed by atoms with Crippen molar-refractivity contribution in [1.29, 1.82) is 0 Å². The van der Waals surface area contributed by atoms with E-state index in [2.05, 4.69) is 10.1 Å². The van der Waals surface area contributed by atoms with Gasteiger partial charge in [0.25, 0.3) is 11.8 Å². The van der Waals surface area contributed by atoms with Crippen LogP contribution in [0.1, 0.15) is 34.9 Å². The summed E-state index contributed by atoms with van der Waals surface area (Å²) in [4.78, 5) is 20.6. The Kier molecular flexibility index (Phi) is 6.29. The van der Waals surface area contributed by atoms with E-state index in [9.17, 15) is 4.79 Å². The van der Waals surface area contributed by atoms with E-state index in [0.717, 1.165) is 23.3 Å². The molecule has 1 saturated heterocycles. The van der Waals surface area contributed by atoms with E-state index in [-0.39, 0.29) is 11.8 Å². The highest BCUT2D eigenvalue weighted by atomic mass is 35.5. The van der Waals surface area contributed by atoms with Crippen molar-refractivity contribution in [2.75, 3.05) is 26.5 Å². The number of para-hydroxylation sites is 1. The predicted octanol–water partition coefficient (Wildman–Crippen LogP) is 5.14. The van der Waals surface area contributed by atoms with Crippen LogP contribution in [0.25, 0.3) is 11.5 Å². The Hall–Kier alpha value is -2.51. The van der Waals surface area contributed by atoms with Gasteiger partial charge in [0.1, 0.15) is 5.75 Å². The van der Waals surface area contributed by atoms with Gasteiger partial charge >= 0.3 is 0 Å². The normalized spacial score (nSPS) is 16.5. The number of carbonyl (C=O) groups is 1. The van der Waals surface area contributed by atoms with Crippen molar-refractivity contribution in [1.82, 2.24) is 15.0 Å². The maximum Gasteiger partial charge on any atom is 0.261 e. The number of halogens is 1. The SMILES string of the molecule is COc1ccccc1-c1nc([C@@H]2CCCN(C(=O)c3cc(SC)ccc3Cl)C2)no1. The summed E-state index contributed by atoms with van der Waals surface area (Å²) in [6.07, 6.45) is 3.74. The van der Waals surface area contributed by atoms with Crippen molar-refractivity contribution in [3.05, 3.63) is 58.9 Å². The number of carbonyl (C=O) groups excluding carboxylic acids is 1. The lowest BCUT2D eigenvalue weighted by Gasteiger charge is -2.31. The first-order valence-electron chi connectivity index (χ1n) is 9.70. The van der Waals surface area contributed by atoms with E-state index < -0.39 is 0 Å². The number of methoxy groups -OCH3 is 1. The van der Waals surface area contributed by atoms with Crippen LogP contribution in [0.3, 0.4) is 0 Å². The molecular weight excluding hydrogens is 422 g/mol. The molecule has 0 spiro atoms. The van der Waals surface area contributed by atoms with E-state index in [1.807, 2.05) is 47.6 Å². The van der Waals surface area contributed by atoms with Crippen molar-refractivity contribution in [3.8, 4) is 17.2 Å². The van der Waals surface area contributed by atoms with Gasteiger partial charge in [0.2, 0.25) is 0 Å². The number of piperidine rings is 1. The Labute approximate surface area is 184 Å². The Morgan fingerprint density at radius 1 is 1.30 bits per heavy atom. The van der Waals surface area contributed by atoms with Crippen LogP contribution in [0.4, 0.5) is 0 Å². The second-order valence-corrected chi connectivity index (χ2v) is 8.38. The summed E-state index contributed by atoms with van der Waals surface area (Å²) in [5, 5.41) is 4.66. The molecule has 1 aliphatic heterocycles. The highest BCUT2D eigenvalue weighted by molar-refractivity contribution is 7.98. The van der Waals surface area contributed by atoms with Gasteiger partial charge in [-0.2, -0.15) is 4.98 Å². The summed E-state index contributed by atoms with van der Waals surface area (Å²) in [5.41, 5.74) is 1.29. The third kappa shape index (κ3) is 4.18. The van der Waals surface area contributed by atoms with Gasteiger partial charge in [-0.1, -0.05) is 28.9 Å². The number of hydrogen-bond donors (Lipinski definition) is 0. The summed E-state index contributed by atoms with van der Waals surface area (Å²) < 4.78 is 10.9. The van der Waals surface area contributed by atoms with Crippen LogP contribution in [0.5, 0.6) is 5.75 Å². The summed E-state index contributed by atoms with van der Waals surface area (Å²) in [6.45, 7) is 1.22. The number of amides is 1. The molecular formula is C22H22ClN3O3S. The zero-order valence-corrected chi connectivity index (χ0v) is 18.4. The zero-order chi connectivity index (χ0) is 21.1. The summed E-state index contributed by atoms with van der Waals surface area (Å²) in [7, 11) is 1.61. The average molecular weight is 444 g/mol. The first kappa shape index (κ1) is 20.8. The largest absolute Gasteiger partial charge is 0.496 e. The molecule has 1 amide bonds. The van der Waals surface area contributed by atoms with Crippen LogP contribution < -0.4 is 4.74 Å². The zero-order valence-electron chi connectivity index (χ0n) is 16.8. The highest BCUT2D eigenvalue weighted by Crippen LogP contribution is 2.32. The lowest BCUT2D eigenvalue weighted by atomic mass is 9.96. The van der Waals surface area contributed by atoms with E-state index >= 15 is 0 Å². The van der Waals surface area contributed by atoms with Crippen LogP contribution >= 0.6 is 23.4 Å². The molecule has 4 rings (SSSR count). The van der Waals surface area contributed by atoms with Crippen molar-refractivity contribution in [2.24, 2.45) is 0 Å². The average Bonchev–Trinajstić information content (AvgIpc) is 3.29. The molecule has 1 atom stereocenters. The quantitative estimate of drug-likeness (QED) is 0.508. The monoisotopic (exact) mass is 443 g/mol. The third-order valence-corrected chi connectivity index (χ3v) is 6.31. The second kappa shape index (κ2) is 9.10. The molecule has 2 heterocycles. The number of thioether (sulfide) groups is 1. The van der Waals surface area contributed by atoms with Gasteiger partial charge in [0, 0.05) is 23.9 Å². The lowest BCUT2D eigenvalue weighted by Crippen LogP contribution is -2.39. The van der Waals surface area contributed by atoms with Gasteiger partial charge in [-0.15, -0.1) is 11.8 Å². The third-order valence-electron chi connectivity index (χ3n) is 5.26. The summed E-state index contributed by atoms with van der Waals surface area (Å²) >= 11 is 7.90. The highest BCUT2D eigenvalue weighted by Gasteiger charge is 2.30. The van der Waals surface area contributed by atoms with Crippen LogP contribution in [0, 0.1) is 0 Å². The maximum absolute atomic E-state index is 13.1. The van der Waals surface area contributed by atoms with Crippen molar-refractivity contribution in [3.63, 3.8) is 0 Å². The second-order valence-electron chi connectivity index (χ2n) is 7.09. The topological polar surface area (TPSA) is 68.5 Å². The molecule has 0 radical (unpaired) electrons. The molecule has 156 valence electrons. The minimum atomic E-state index is -0.0611. The Balaban J connectivity index is 1.54. The first-order valence-corrected chi connectivity index (χ1v) is 11.3. The molecule has 3 aromatic rings. The molecule has 30 heavy (non-hydrogen) atoms. The number of hydrogen-bond acceptors (Lipinski definition) is 6. The Morgan fingerprint density at radius 2 is 2.13 bits per heavy atom. The van der Waals surface area contributed by atoms with E-state index in [4.69, 9.17) is 20.9 Å². The molecule has 6 nitrogen and oxygen atoms in total. The Bertz CT molecular complexity index is 1060. The fraction of sp³-hybridized carbons (Fsp3) is 0.318. The number of benzene rings is 2. The van der Waals surface area contributed by atoms with Crippen LogP contribution in [0.2, 0.25) is 5.02 Å². The summed E-state index contributed by atoms with van der Waals surface area (Å²) in [6, 6.07) is 13.1. The van der Waals surface area contributed by atoms with E-state index in [1.165, 1.54) is 0 Å². The predicted molar refractivity (Wildman–Crippen MR) is 117 cm³/mol. The molecule has 0 saturated carbocycles. The minimum Gasteiger partial charge on any atom is -0.496 e. The van der Waals surface area contributed by atoms with Gasteiger partial charge in [-0.05, 0) is 49.4 Å². The minimum absolute atomic E-state index is 0.0115.